The topological polar surface area (TPSA) is 52.3 Å². The van der Waals surface area contributed by atoms with Crippen molar-refractivity contribution in [2.45, 2.75) is 17.6 Å². The van der Waals surface area contributed by atoms with Crippen molar-refractivity contribution in [3.8, 4) is 0 Å². The van der Waals surface area contributed by atoms with Crippen molar-refractivity contribution in [3.05, 3.63) is 59.7 Å². The predicted octanol–water partition coefficient (Wildman–Crippen LogP) is 3.74. The van der Waals surface area contributed by atoms with Crippen molar-refractivity contribution in [2.24, 2.45) is 0 Å². The Hall–Kier alpha value is -1.94. The van der Waals surface area contributed by atoms with Crippen molar-refractivity contribution in [3.63, 3.8) is 0 Å². The number of benzene rings is 2. The molecule has 0 aliphatic carbocycles. The van der Waals surface area contributed by atoms with Gasteiger partial charge in [-0.25, -0.2) is 4.79 Å². The molecule has 4 heteroatoms. The Kier molecular flexibility index (Phi) is 5.07. The van der Waals surface area contributed by atoms with Crippen LogP contribution in [0.5, 0.6) is 0 Å². The van der Waals surface area contributed by atoms with Crippen LogP contribution in [0.2, 0.25) is 0 Å². The number of nitrogen functional groups attached to an aromatic ring is 1. The molecule has 2 N–H and O–H groups in total. The Labute approximate surface area is 123 Å². The molecule has 0 bridgehead atoms. The van der Waals surface area contributed by atoms with Crippen molar-refractivity contribution < 1.29 is 9.53 Å². The van der Waals surface area contributed by atoms with Gasteiger partial charge in [0.1, 0.15) is 0 Å². The maximum absolute atomic E-state index is 11.5. The lowest BCUT2D eigenvalue weighted by atomic mass is 10.1. The van der Waals surface area contributed by atoms with Crippen LogP contribution in [0.25, 0.3) is 0 Å². The van der Waals surface area contributed by atoms with Gasteiger partial charge in [-0.3, -0.25) is 0 Å². The van der Waals surface area contributed by atoms with E-state index in [2.05, 4.69) is 0 Å². The number of para-hydroxylation sites is 1. The minimum Gasteiger partial charge on any atom is -0.462 e. The molecule has 0 saturated carbocycles. The van der Waals surface area contributed by atoms with Gasteiger partial charge >= 0.3 is 5.97 Å². The fourth-order valence-electron chi connectivity index (χ4n) is 1.72. The van der Waals surface area contributed by atoms with Crippen molar-refractivity contribution in [1.82, 2.24) is 0 Å². The first kappa shape index (κ1) is 14.5. The van der Waals surface area contributed by atoms with E-state index >= 15 is 0 Å². The molecule has 0 fully saturated rings. The summed E-state index contributed by atoms with van der Waals surface area (Å²) in [4.78, 5) is 12.6. The Morgan fingerprint density at radius 1 is 1.15 bits per heavy atom. The van der Waals surface area contributed by atoms with E-state index in [1.54, 1.807) is 30.8 Å². The summed E-state index contributed by atoms with van der Waals surface area (Å²) in [5, 5.41) is 0. The molecule has 20 heavy (non-hydrogen) atoms. The lowest BCUT2D eigenvalue weighted by Gasteiger charge is -2.06. The second kappa shape index (κ2) is 7.01. The number of hydrogen-bond donors (Lipinski definition) is 1. The van der Waals surface area contributed by atoms with E-state index in [-0.39, 0.29) is 5.97 Å². The van der Waals surface area contributed by atoms with Gasteiger partial charge in [0.25, 0.3) is 0 Å². The SMILES string of the molecule is CCOC(=O)c1ccc(CSc2ccccc2N)cc1. The Morgan fingerprint density at radius 2 is 1.85 bits per heavy atom. The van der Waals surface area contributed by atoms with Gasteiger partial charge in [-0.05, 0) is 36.8 Å². The first-order chi connectivity index (χ1) is 9.70. The number of carbonyl (C=O) groups excluding carboxylic acids is 1. The van der Waals surface area contributed by atoms with Crippen LogP contribution in [-0.2, 0) is 10.5 Å². The molecule has 0 aromatic heterocycles. The molecule has 0 heterocycles. The molecule has 3 nitrogen and oxygen atoms in total. The van der Waals surface area contributed by atoms with Gasteiger partial charge in [0.05, 0.1) is 12.2 Å². The summed E-state index contributed by atoms with van der Waals surface area (Å²) < 4.78 is 4.95. The minimum absolute atomic E-state index is 0.279. The summed E-state index contributed by atoms with van der Waals surface area (Å²) in [6.07, 6.45) is 0. The molecule has 0 atom stereocenters. The number of thioether (sulfide) groups is 1. The summed E-state index contributed by atoms with van der Waals surface area (Å²) in [7, 11) is 0. The quantitative estimate of drug-likeness (QED) is 0.517. The highest BCUT2D eigenvalue weighted by Crippen LogP contribution is 2.27. The second-order valence-corrected chi connectivity index (χ2v) is 5.26. The third kappa shape index (κ3) is 3.78. The highest BCUT2D eigenvalue weighted by molar-refractivity contribution is 7.98. The van der Waals surface area contributed by atoms with Crippen LogP contribution >= 0.6 is 11.8 Å². The Balaban J connectivity index is 1.98. The average Bonchev–Trinajstić information content (AvgIpc) is 2.47. The van der Waals surface area contributed by atoms with E-state index in [9.17, 15) is 4.79 Å². The van der Waals surface area contributed by atoms with E-state index in [4.69, 9.17) is 10.5 Å². The van der Waals surface area contributed by atoms with E-state index in [1.807, 2.05) is 36.4 Å². The van der Waals surface area contributed by atoms with Crippen LogP contribution < -0.4 is 5.73 Å². The minimum atomic E-state index is -0.279. The number of carbonyl (C=O) groups is 1. The fourth-order valence-corrected chi connectivity index (χ4v) is 2.65. The zero-order chi connectivity index (χ0) is 14.4. The molecule has 2 aromatic rings. The van der Waals surface area contributed by atoms with Crippen LogP contribution in [0.4, 0.5) is 5.69 Å². The number of anilines is 1. The number of esters is 1. The van der Waals surface area contributed by atoms with Crippen LogP contribution in [0.1, 0.15) is 22.8 Å². The van der Waals surface area contributed by atoms with Gasteiger partial charge in [-0.15, -0.1) is 11.8 Å². The van der Waals surface area contributed by atoms with Crippen LogP contribution in [0, 0.1) is 0 Å². The average molecular weight is 287 g/mol. The van der Waals surface area contributed by atoms with E-state index in [1.165, 1.54) is 0 Å². The molecular formula is C16H17NO2S. The molecule has 0 saturated heterocycles. The standard InChI is InChI=1S/C16H17NO2S/c1-2-19-16(18)13-9-7-12(8-10-13)11-20-15-6-4-3-5-14(15)17/h3-10H,2,11,17H2,1H3. The summed E-state index contributed by atoms with van der Waals surface area (Å²) in [5.74, 6) is 0.538. The fraction of sp³-hybridized carbons (Fsp3) is 0.188. The summed E-state index contributed by atoms with van der Waals surface area (Å²) in [5.41, 5.74) is 8.42. The summed E-state index contributed by atoms with van der Waals surface area (Å²) >= 11 is 1.68. The Morgan fingerprint density at radius 3 is 2.50 bits per heavy atom. The first-order valence-electron chi connectivity index (χ1n) is 6.44. The molecule has 0 aliphatic heterocycles. The normalized spacial score (nSPS) is 10.2. The van der Waals surface area contributed by atoms with Crippen LogP contribution in [0.15, 0.2) is 53.4 Å². The molecule has 0 unspecified atom stereocenters. The molecule has 0 radical (unpaired) electrons. The molecule has 0 spiro atoms. The molecular weight excluding hydrogens is 270 g/mol. The monoisotopic (exact) mass is 287 g/mol. The molecule has 0 aliphatic rings. The van der Waals surface area contributed by atoms with Crippen LogP contribution in [0.3, 0.4) is 0 Å². The number of rotatable bonds is 5. The van der Waals surface area contributed by atoms with E-state index < -0.39 is 0 Å². The van der Waals surface area contributed by atoms with Gasteiger partial charge in [0.2, 0.25) is 0 Å². The molecule has 2 rings (SSSR count). The highest BCUT2D eigenvalue weighted by atomic mass is 32.2. The predicted molar refractivity (Wildman–Crippen MR) is 82.8 cm³/mol. The zero-order valence-electron chi connectivity index (χ0n) is 11.3. The lowest BCUT2D eigenvalue weighted by molar-refractivity contribution is 0.0526. The summed E-state index contributed by atoms with van der Waals surface area (Å²) in [6.45, 7) is 2.19. The maximum atomic E-state index is 11.5. The third-order valence-corrected chi connectivity index (χ3v) is 3.94. The highest BCUT2D eigenvalue weighted by Gasteiger charge is 2.06. The van der Waals surface area contributed by atoms with E-state index in [0.29, 0.717) is 12.2 Å². The third-order valence-electron chi connectivity index (χ3n) is 2.78. The van der Waals surface area contributed by atoms with Gasteiger partial charge in [-0.2, -0.15) is 0 Å². The summed E-state index contributed by atoms with van der Waals surface area (Å²) in [6, 6.07) is 15.3. The zero-order valence-corrected chi connectivity index (χ0v) is 12.2. The number of ether oxygens (including phenoxy) is 1. The van der Waals surface area contributed by atoms with Crippen LogP contribution in [-0.4, -0.2) is 12.6 Å². The van der Waals surface area contributed by atoms with Gasteiger partial charge < -0.3 is 10.5 Å². The van der Waals surface area contributed by atoms with Crippen molar-refractivity contribution in [2.75, 3.05) is 12.3 Å². The largest absolute Gasteiger partial charge is 0.462 e. The van der Waals surface area contributed by atoms with Gasteiger partial charge in [-0.1, -0.05) is 24.3 Å². The molecule has 0 amide bonds. The lowest BCUT2D eigenvalue weighted by Crippen LogP contribution is -2.04. The van der Waals surface area contributed by atoms with E-state index in [0.717, 1.165) is 21.9 Å². The first-order valence-corrected chi connectivity index (χ1v) is 7.42. The Bertz CT molecular complexity index is 581. The van der Waals surface area contributed by atoms with Gasteiger partial charge in [0, 0.05) is 16.3 Å². The van der Waals surface area contributed by atoms with Gasteiger partial charge in [0.15, 0.2) is 0 Å². The number of nitrogens with two attached hydrogens (primary N) is 1. The smallest absolute Gasteiger partial charge is 0.338 e. The maximum Gasteiger partial charge on any atom is 0.338 e. The molecule has 2 aromatic carbocycles. The second-order valence-electron chi connectivity index (χ2n) is 4.24. The molecule has 104 valence electrons. The van der Waals surface area contributed by atoms with Crippen molar-refractivity contribution in [1.29, 1.82) is 0 Å². The number of hydrogen-bond acceptors (Lipinski definition) is 4. The van der Waals surface area contributed by atoms with Crippen molar-refractivity contribution >= 4 is 23.4 Å².